The van der Waals surface area contributed by atoms with Gasteiger partial charge in [-0.15, -0.1) is 0 Å². The van der Waals surface area contributed by atoms with E-state index in [9.17, 15) is 13.2 Å². The Bertz CT molecular complexity index is 674. The SMILES string of the molecule is CS(=O)(=O)c1ccc(NC(=O)N[C@H]2CCN3CCCC[C@H]23)cn1. The Labute approximate surface area is 136 Å². The minimum atomic E-state index is -3.32. The second-order valence-corrected chi connectivity index (χ2v) is 8.21. The third kappa shape index (κ3) is 3.81. The Kier molecular flexibility index (Phi) is 4.54. The van der Waals surface area contributed by atoms with Gasteiger partial charge in [0.05, 0.1) is 11.9 Å². The van der Waals surface area contributed by atoms with Crippen molar-refractivity contribution >= 4 is 21.6 Å². The van der Waals surface area contributed by atoms with Gasteiger partial charge >= 0.3 is 6.03 Å². The van der Waals surface area contributed by atoms with Crippen molar-refractivity contribution in [3.63, 3.8) is 0 Å². The molecule has 2 aliphatic rings. The lowest BCUT2D eigenvalue weighted by Gasteiger charge is -2.32. The maximum Gasteiger partial charge on any atom is 0.319 e. The molecule has 2 fully saturated rings. The Morgan fingerprint density at radius 3 is 2.78 bits per heavy atom. The molecule has 23 heavy (non-hydrogen) atoms. The van der Waals surface area contributed by atoms with Crippen LogP contribution in [0.5, 0.6) is 0 Å². The number of fused-ring (bicyclic) bond motifs is 1. The summed E-state index contributed by atoms with van der Waals surface area (Å²) in [6.07, 6.45) is 7.03. The Morgan fingerprint density at radius 2 is 2.09 bits per heavy atom. The van der Waals surface area contributed by atoms with Crippen molar-refractivity contribution in [1.82, 2.24) is 15.2 Å². The Hall–Kier alpha value is -1.67. The first-order valence-electron chi connectivity index (χ1n) is 7.91. The first kappa shape index (κ1) is 16.2. The average Bonchev–Trinajstić information content (AvgIpc) is 2.90. The molecule has 0 aromatic carbocycles. The highest BCUT2D eigenvalue weighted by Gasteiger charge is 2.36. The van der Waals surface area contributed by atoms with Gasteiger partial charge in [-0.1, -0.05) is 6.42 Å². The van der Waals surface area contributed by atoms with Crippen LogP contribution in [-0.2, 0) is 9.84 Å². The van der Waals surface area contributed by atoms with Gasteiger partial charge < -0.3 is 10.6 Å². The number of amides is 2. The van der Waals surface area contributed by atoms with E-state index in [0.717, 1.165) is 32.2 Å². The molecule has 7 nitrogen and oxygen atoms in total. The van der Waals surface area contributed by atoms with E-state index in [0.29, 0.717) is 11.7 Å². The van der Waals surface area contributed by atoms with Gasteiger partial charge in [-0.05, 0) is 37.9 Å². The molecule has 8 heteroatoms. The van der Waals surface area contributed by atoms with E-state index in [-0.39, 0.29) is 17.1 Å². The molecule has 3 heterocycles. The van der Waals surface area contributed by atoms with Crippen LogP contribution < -0.4 is 10.6 Å². The molecule has 0 bridgehead atoms. The second kappa shape index (κ2) is 6.45. The van der Waals surface area contributed by atoms with E-state index in [1.807, 2.05) is 0 Å². The molecule has 126 valence electrons. The van der Waals surface area contributed by atoms with Crippen LogP contribution in [-0.4, -0.2) is 55.8 Å². The number of rotatable bonds is 3. The van der Waals surface area contributed by atoms with Gasteiger partial charge in [0.25, 0.3) is 0 Å². The van der Waals surface area contributed by atoms with Crippen LogP contribution in [0.2, 0.25) is 0 Å². The van der Waals surface area contributed by atoms with Crippen LogP contribution >= 0.6 is 0 Å². The molecule has 1 aromatic heterocycles. The van der Waals surface area contributed by atoms with Crippen molar-refractivity contribution in [1.29, 1.82) is 0 Å². The number of anilines is 1. The van der Waals surface area contributed by atoms with E-state index in [2.05, 4.69) is 20.5 Å². The summed E-state index contributed by atoms with van der Waals surface area (Å²) < 4.78 is 22.7. The molecule has 2 N–H and O–H groups in total. The lowest BCUT2D eigenvalue weighted by atomic mass is 9.99. The summed E-state index contributed by atoms with van der Waals surface area (Å²) >= 11 is 0. The summed E-state index contributed by atoms with van der Waals surface area (Å²) in [4.78, 5) is 18.5. The van der Waals surface area contributed by atoms with Crippen molar-refractivity contribution in [2.45, 2.75) is 42.8 Å². The highest BCUT2D eigenvalue weighted by molar-refractivity contribution is 7.90. The quantitative estimate of drug-likeness (QED) is 0.865. The number of nitrogens with zero attached hydrogens (tertiary/aromatic N) is 2. The lowest BCUT2D eigenvalue weighted by Crippen LogP contribution is -2.47. The number of piperidine rings is 1. The first-order valence-corrected chi connectivity index (χ1v) is 9.80. The second-order valence-electron chi connectivity index (χ2n) is 6.25. The monoisotopic (exact) mass is 338 g/mol. The standard InChI is InChI=1S/C15H22N4O3S/c1-23(21,22)14-6-5-11(10-16-14)17-15(20)18-12-7-9-19-8-3-2-4-13(12)19/h5-6,10,12-13H,2-4,7-9H2,1H3,(H2,17,18,20)/t12-,13+/m0/s1. The smallest absolute Gasteiger partial charge is 0.319 e. The molecule has 2 amide bonds. The minimum absolute atomic E-state index is 0.00269. The van der Waals surface area contributed by atoms with Crippen molar-refractivity contribution in [2.75, 3.05) is 24.7 Å². The fourth-order valence-electron chi connectivity index (χ4n) is 3.42. The van der Waals surface area contributed by atoms with Crippen LogP contribution in [0.1, 0.15) is 25.7 Å². The number of pyridine rings is 1. The normalized spacial score (nSPS) is 24.9. The fourth-order valence-corrected chi connectivity index (χ4v) is 3.98. The van der Waals surface area contributed by atoms with Crippen molar-refractivity contribution in [2.24, 2.45) is 0 Å². The van der Waals surface area contributed by atoms with E-state index >= 15 is 0 Å². The van der Waals surface area contributed by atoms with E-state index in [1.54, 1.807) is 6.07 Å². The van der Waals surface area contributed by atoms with Crippen molar-refractivity contribution < 1.29 is 13.2 Å². The summed E-state index contributed by atoms with van der Waals surface area (Å²) in [6.45, 7) is 2.17. The zero-order chi connectivity index (χ0) is 16.4. The minimum Gasteiger partial charge on any atom is -0.334 e. The summed E-state index contributed by atoms with van der Waals surface area (Å²) in [7, 11) is -3.32. The summed E-state index contributed by atoms with van der Waals surface area (Å²) in [5, 5.41) is 5.75. The molecular formula is C15H22N4O3S. The molecule has 0 spiro atoms. The van der Waals surface area contributed by atoms with Gasteiger partial charge in [-0.2, -0.15) is 0 Å². The van der Waals surface area contributed by atoms with Gasteiger partial charge in [0, 0.05) is 24.9 Å². The fraction of sp³-hybridized carbons (Fsp3) is 0.600. The topological polar surface area (TPSA) is 91.4 Å². The van der Waals surface area contributed by atoms with Gasteiger partial charge in [0.2, 0.25) is 0 Å². The van der Waals surface area contributed by atoms with Gasteiger partial charge in [0.1, 0.15) is 0 Å². The molecule has 1 aromatic rings. The predicted molar refractivity (Wildman–Crippen MR) is 87.1 cm³/mol. The van der Waals surface area contributed by atoms with Crippen molar-refractivity contribution in [3.8, 4) is 0 Å². The molecular weight excluding hydrogens is 316 g/mol. The molecule has 2 saturated heterocycles. The predicted octanol–water partition coefficient (Wildman–Crippen LogP) is 1.23. The van der Waals surface area contributed by atoms with Gasteiger partial charge in [0.15, 0.2) is 14.9 Å². The highest BCUT2D eigenvalue weighted by Crippen LogP contribution is 2.27. The molecule has 2 aliphatic heterocycles. The van der Waals surface area contributed by atoms with Crippen molar-refractivity contribution in [3.05, 3.63) is 18.3 Å². The molecule has 3 rings (SSSR count). The number of sulfone groups is 1. The van der Waals surface area contributed by atoms with Gasteiger partial charge in [-0.25, -0.2) is 18.2 Å². The molecule has 0 radical (unpaired) electrons. The van der Waals surface area contributed by atoms with Crippen LogP contribution in [0.3, 0.4) is 0 Å². The Morgan fingerprint density at radius 1 is 1.26 bits per heavy atom. The molecule has 2 atom stereocenters. The number of carbonyl (C=O) groups is 1. The van der Waals surface area contributed by atoms with E-state index in [4.69, 9.17) is 0 Å². The summed E-state index contributed by atoms with van der Waals surface area (Å²) in [6, 6.07) is 3.29. The largest absolute Gasteiger partial charge is 0.334 e. The first-order chi connectivity index (χ1) is 10.9. The highest BCUT2D eigenvalue weighted by atomic mass is 32.2. The van der Waals surface area contributed by atoms with Crippen LogP contribution in [0.4, 0.5) is 10.5 Å². The number of urea groups is 1. The summed E-state index contributed by atoms with van der Waals surface area (Å²) in [5.41, 5.74) is 0.480. The Balaban J connectivity index is 1.57. The third-order valence-electron chi connectivity index (χ3n) is 4.55. The third-order valence-corrected chi connectivity index (χ3v) is 5.55. The van der Waals surface area contributed by atoms with Crippen LogP contribution in [0.15, 0.2) is 23.4 Å². The zero-order valence-corrected chi connectivity index (χ0v) is 14.0. The van der Waals surface area contributed by atoms with E-state index in [1.165, 1.54) is 25.1 Å². The van der Waals surface area contributed by atoms with E-state index < -0.39 is 9.84 Å². The number of hydrogen-bond donors (Lipinski definition) is 2. The molecule has 0 unspecified atom stereocenters. The maximum absolute atomic E-state index is 12.1. The number of aromatic nitrogens is 1. The molecule has 0 saturated carbocycles. The molecule has 0 aliphatic carbocycles. The number of carbonyl (C=O) groups excluding carboxylic acids is 1. The lowest BCUT2D eigenvalue weighted by molar-refractivity contribution is 0.180. The van der Waals surface area contributed by atoms with Gasteiger partial charge in [-0.3, -0.25) is 4.90 Å². The van der Waals surface area contributed by atoms with Crippen LogP contribution in [0.25, 0.3) is 0 Å². The zero-order valence-electron chi connectivity index (χ0n) is 13.2. The van der Waals surface area contributed by atoms with Crippen LogP contribution in [0, 0.1) is 0 Å². The summed E-state index contributed by atoms with van der Waals surface area (Å²) in [5.74, 6) is 0. The number of nitrogens with one attached hydrogen (secondary N) is 2. The number of hydrogen-bond acceptors (Lipinski definition) is 5. The maximum atomic E-state index is 12.1. The average molecular weight is 338 g/mol.